The number of aromatic nitrogens is 1. The van der Waals surface area contributed by atoms with Crippen LogP contribution in [0.5, 0.6) is 0 Å². The fraction of sp³-hybridized carbons (Fsp3) is 0.545. The molecule has 0 aliphatic rings. The number of hydrogen-bond acceptors (Lipinski definition) is 3. The summed E-state index contributed by atoms with van der Waals surface area (Å²) in [5, 5.41) is 6.61. The Morgan fingerprint density at radius 1 is 1.33 bits per heavy atom. The largest absolute Gasteiger partial charge is 0.369 e. The molecule has 2 N–H and O–H groups in total. The summed E-state index contributed by atoms with van der Waals surface area (Å²) in [7, 11) is 0. The molecule has 1 rings (SSSR count). The maximum absolute atomic E-state index is 4.27. The lowest BCUT2D eigenvalue weighted by Crippen LogP contribution is -2.23. The van der Waals surface area contributed by atoms with Crippen molar-refractivity contribution < 1.29 is 0 Å². The van der Waals surface area contributed by atoms with E-state index in [1.165, 1.54) is 12.0 Å². The first-order valence-electron chi connectivity index (χ1n) is 5.30. The number of hydrogen-bond donors (Lipinski definition) is 2. The van der Waals surface area contributed by atoms with E-state index < -0.39 is 0 Å². The molecule has 0 spiro atoms. The van der Waals surface area contributed by atoms with Crippen LogP contribution in [-0.4, -0.2) is 24.6 Å². The zero-order chi connectivity index (χ0) is 11.1. The predicted molar refractivity (Wildman–Crippen MR) is 68.3 cm³/mol. The minimum absolute atomic E-state index is 0.911. The van der Waals surface area contributed by atoms with E-state index in [2.05, 4.69) is 45.4 Å². The molecule has 1 heterocycles. The van der Waals surface area contributed by atoms with Gasteiger partial charge in [-0.3, -0.25) is 0 Å². The summed E-state index contributed by atoms with van der Waals surface area (Å²) >= 11 is 3.43. The highest BCUT2D eigenvalue weighted by atomic mass is 79.9. The van der Waals surface area contributed by atoms with Crippen molar-refractivity contribution in [1.29, 1.82) is 0 Å². The Balaban J connectivity index is 2.28. The normalized spacial score (nSPS) is 10.3. The first-order valence-corrected chi connectivity index (χ1v) is 6.10. The van der Waals surface area contributed by atoms with Gasteiger partial charge in [0.25, 0.3) is 0 Å². The van der Waals surface area contributed by atoms with Crippen LogP contribution in [0.15, 0.2) is 16.7 Å². The average molecular weight is 272 g/mol. The molecule has 0 aromatic carbocycles. The fourth-order valence-electron chi connectivity index (χ4n) is 1.22. The van der Waals surface area contributed by atoms with Gasteiger partial charge in [0.15, 0.2) is 0 Å². The third-order valence-corrected chi connectivity index (χ3v) is 2.91. The molecule has 15 heavy (non-hydrogen) atoms. The zero-order valence-corrected chi connectivity index (χ0v) is 10.9. The van der Waals surface area contributed by atoms with Gasteiger partial charge < -0.3 is 10.6 Å². The highest BCUT2D eigenvalue weighted by molar-refractivity contribution is 9.10. The van der Waals surface area contributed by atoms with Gasteiger partial charge in [-0.1, -0.05) is 6.92 Å². The molecular weight excluding hydrogens is 254 g/mol. The Hall–Kier alpha value is -0.610. The summed E-state index contributed by atoms with van der Waals surface area (Å²) < 4.78 is 1.05. The molecule has 1 aromatic heterocycles. The summed E-state index contributed by atoms with van der Waals surface area (Å²) in [5.74, 6) is 0.939. The molecule has 0 bridgehead atoms. The van der Waals surface area contributed by atoms with E-state index in [0.717, 1.165) is 29.9 Å². The van der Waals surface area contributed by atoms with E-state index >= 15 is 0 Å². The highest BCUT2D eigenvalue weighted by Crippen LogP contribution is 2.16. The van der Waals surface area contributed by atoms with Crippen molar-refractivity contribution in [3.63, 3.8) is 0 Å². The van der Waals surface area contributed by atoms with Crippen LogP contribution in [0.2, 0.25) is 0 Å². The van der Waals surface area contributed by atoms with Gasteiger partial charge in [-0.15, -0.1) is 0 Å². The molecule has 0 saturated carbocycles. The Labute approximate surface area is 99.8 Å². The van der Waals surface area contributed by atoms with Crippen molar-refractivity contribution in [1.82, 2.24) is 10.3 Å². The van der Waals surface area contributed by atoms with Gasteiger partial charge in [0, 0.05) is 23.8 Å². The molecule has 84 valence electrons. The number of aryl methyl sites for hydroxylation is 1. The Morgan fingerprint density at radius 2 is 2.13 bits per heavy atom. The predicted octanol–water partition coefficient (Wildman–Crippen LogP) is 2.56. The molecule has 0 aliphatic carbocycles. The van der Waals surface area contributed by atoms with Crippen molar-refractivity contribution in [3.05, 3.63) is 22.3 Å². The van der Waals surface area contributed by atoms with Crippen molar-refractivity contribution in [2.45, 2.75) is 20.3 Å². The topological polar surface area (TPSA) is 37.0 Å². The summed E-state index contributed by atoms with van der Waals surface area (Å²) in [4.78, 5) is 4.27. The smallest absolute Gasteiger partial charge is 0.126 e. The monoisotopic (exact) mass is 271 g/mol. The molecule has 4 heteroatoms. The van der Waals surface area contributed by atoms with Gasteiger partial charge >= 0.3 is 0 Å². The third kappa shape index (κ3) is 4.62. The van der Waals surface area contributed by atoms with Crippen molar-refractivity contribution in [2.75, 3.05) is 25.0 Å². The molecule has 0 atom stereocenters. The lowest BCUT2D eigenvalue weighted by molar-refractivity contribution is 0.687. The summed E-state index contributed by atoms with van der Waals surface area (Å²) in [5.41, 5.74) is 1.20. The SMILES string of the molecule is CCCNCCNc1cc(C)c(Br)cn1. The van der Waals surface area contributed by atoms with Gasteiger partial charge in [0.1, 0.15) is 5.82 Å². The second kappa shape index (κ2) is 6.80. The van der Waals surface area contributed by atoms with Crippen LogP contribution >= 0.6 is 15.9 Å². The van der Waals surface area contributed by atoms with E-state index in [0.29, 0.717) is 0 Å². The molecule has 1 aromatic rings. The number of pyridine rings is 1. The third-order valence-electron chi connectivity index (χ3n) is 2.08. The minimum Gasteiger partial charge on any atom is -0.369 e. The van der Waals surface area contributed by atoms with Gasteiger partial charge in [-0.05, 0) is 47.4 Å². The van der Waals surface area contributed by atoms with E-state index in [1.807, 2.05) is 12.3 Å². The molecule has 0 saturated heterocycles. The van der Waals surface area contributed by atoms with Gasteiger partial charge in [-0.2, -0.15) is 0 Å². The Morgan fingerprint density at radius 3 is 2.80 bits per heavy atom. The number of nitrogens with zero attached hydrogens (tertiary/aromatic N) is 1. The first kappa shape index (κ1) is 12.5. The van der Waals surface area contributed by atoms with Crippen LogP contribution in [0.3, 0.4) is 0 Å². The number of nitrogens with one attached hydrogen (secondary N) is 2. The number of rotatable bonds is 6. The molecule has 0 amide bonds. The van der Waals surface area contributed by atoms with E-state index in [9.17, 15) is 0 Å². The maximum Gasteiger partial charge on any atom is 0.126 e. The number of anilines is 1. The summed E-state index contributed by atoms with van der Waals surface area (Å²) in [6.45, 7) is 7.19. The quantitative estimate of drug-likeness (QED) is 0.781. The standard InChI is InChI=1S/C11H18BrN3/c1-3-4-13-5-6-14-11-7-9(2)10(12)8-15-11/h7-8,13H,3-6H2,1-2H3,(H,14,15). The van der Waals surface area contributed by atoms with Crippen LogP contribution in [0.1, 0.15) is 18.9 Å². The van der Waals surface area contributed by atoms with E-state index in [4.69, 9.17) is 0 Å². The first-order chi connectivity index (χ1) is 7.24. The van der Waals surface area contributed by atoms with Gasteiger partial charge in [0.2, 0.25) is 0 Å². The lowest BCUT2D eigenvalue weighted by atomic mass is 10.3. The molecule has 3 nitrogen and oxygen atoms in total. The second-order valence-corrected chi connectivity index (χ2v) is 4.35. The second-order valence-electron chi connectivity index (χ2n) is 3.50. The molecular formula is C11H18BrN3. The minimum atomic E-state index is 0.911. The molecule has 0 fully saturated rings. The van der Waals surface area contributed by atoms with Crippen LogP contribution in [0.25, 0.3) is 0 Å². The maximum atomic E-state index is 4.27. The van der Waals surface area contributed by atoms with Crippen molar-refractivity contribution in [3.8, 4) is 0 Å². The van der Waals surface area contributed by atoms with E-state index in [1.54, 1.807) is 0 Å². The lowest BCUT2D eigenvalue weighted by Gasteiger charge is -2.07. The molecule has 0 unspecified atom stereocenters. The van der Waals surface area contributed by atoms with Crippen LogP contribution in [0, 0.1) is 6.92 Å². The molecule has 0 aliphatic heterocycles. The Bertz CT molecular complexity index is 302. The fourth-order valence-corrected chi connectivity index (χ4v) is 1.43. The van der Waals surface area contributed by atoms with Gasteiger partial charge in [-0.25, -0.2) is 4.98 Å². The Kier molecular flexibility index (Phi) is 5.65. The average Bonchev–Trinajstić information content (AvgIpc) is 2.23. The summed E-state index contributed by atoms with van der Waals surface area (Å²) in [6, 6.07) is 2.05. The van der Waals surface area contributed by atoms with Crippen molar-refractivity contribution in [2.24, 2.45) is 0 Å². The highest BCUT2D eigenvalue weighted by Gasteiger charge is 1.97. The van der Waals surface area contributed by atoms with E-state index in [-0.39, 0.29) is 0 Å². The molecule has 0 radical (unpaired) electrons. The summed E-state index contributed by atoms with van der Waals surface area (Å²) in [6.07, 6.45) is 3.01. The number of halogens is 1. The van der Waals surface area contributed by atoms with Crippen LogP contribution in [0.4, 0.5) is 5.82 Å². The van der Waals surface area contributed by atoms with Crippen molar-refractivity contribution >= 4 is 21.7 Å². The zero-order valence-electron chi connectivity index (χ0n) is 9.31. The van der Waals surface area contributed by atoms with Crippen LogP contribution in [-0.2, 0) is 0 Å². The van der Waals surface area contributed by atoms with Crippen LogP contribution < -0.4 is 10.6 Å². The van der Waals surface area contributed by atoms with Gasteiger partial charge in [0.05, 0.1) is 0 Å².